The Morgan fingerprint density at radius 1 is 1.31 bits per heavy atom. The molecule has 1 fully saturated rings. The maximum atomic E-state index is 6.24. The average Bonchev–Trinajstić information content (AvgIpc) is 2.81. The number of benzene rings is 1. The van der Waals surface area contributed by atoms with E-state index in [1.165, 1.54) is 35.1 Å². The molecule has 1 aliphatic rings. The maximum absolute atomic E-state index is 6.24. The highest BCUT2D eigenvalue weighted by Gasteiger charge is 2.21. The van der Waals surface area contributed by atoms with Gasteiger partial charge in [-0.1, -0.05) is 25.0 Å². The van der Waals surface area contributed by atoms with E-state index in [2.05, 4.69) is 34.1 Å². The molecule has 0 bridgehead atoms. The SMILES string of the molecule is NC(CSc1ccccc1Br)C1CCCC1. The molecule has 1 aromatic carbocycles. The van der Waals surface area contributed by atoms with E-state index in [1.807, 2.05) is 17.8 Å². The molecule has 2 N–H and O–H groups in total. The van der Waals surface area contributed by atoms with Crippen LogP contribution in [-0.4, -0.2) is 11.8 Å². The van der Waals surface area contributed by atoms with Crippen LogP contribution in [0.4, 0.5) is 0 Å². The third-order valence-electron chi connectivity index (χ3n) is 3.27. The van der Waals surface area contributed by atoms with Gasteiger partial charge in [0.2, 0.25) is 0 Å². The predicted molar refractivity (Wildman–Crippen MR) is 74.8 cm³/mol. The van der Waals surface area contributed by atoms with E-state index >= 15 is 0 Å². The summed E-state index contributed by atoms with van der Waals surface area (Å²) in [6.45, 7) is 0. The van der Waals surface area contributed by atoms with Crippen LogP contribution in [0.25, 0.3) is 0 Å². The zero-order chi connectivity index (χ0) is 11.4. The van der Waals surface area contributed by atoms with E-state index in [0.29, 0.717) is 6.04 Å². The number of halogens is 1. The van der Waals surface area contributed by atoms with Crippen molar-refractivity contribution in [1.29, 1.82) is 0 Å². The van der Waals surface area contributed by atoms with Crippen LogP contribution in [0.15, 0.2) is 33.6 Å². The molecule has 0 spiro atoms. The monoisotopic (exact) mass is 299 g/mol. The fourth-order valence-electron chi connectivity index (χ4n) is 2.27. The highest BCUT2D eigenvalue weighted by atomic mass is 79.9. The second-order valence-electron chi connectivity index (χ2n) is 4.45. The van der Waals surface area contributed by atoms with Crippen molar-refractivity contribution in [3.8, 4) is 0 Å². The Hall–Kier alpha value is 0.01000. The van der Waals surface area contributed by atoms with E-state index in [-0.39, 0.29) is 0 Å². The van der Waals surface area contributed by atoms with Crippen molar-refractivity contribution in [3.63, 3.8) is 0 Å². The fraction of sp³-hybridized carbons (Fsp3) is 0.538. The minimum Gasteiger partial charge on any atom is -0.327 e. The summed E-state index contributed by atoms with van der Waals surface area (Å²) < 4.78 is 1.18. The summed E-state index contributed by atoms with van der Waals surface area (Å²) >= 11 is 5.44. The number of hydrogen-bond donors (Lipinski definition) is 1. The predicted octanol–water partition coefficient (Wildman–Crippen LogP) is 4.06. The third-order valence-corrected chi connectivity index (χ3v) is 5.45. The van der Waals surface area contributed by atoms with Gasteiger partial charge < -0.3 is 5.73 Å². The maximum Gasteiger partial charge on any atom is 0.0311 e. The van der Waals surface area contributed by atoms with E-state index < -0.39 is 0 Å². The van der Waals surface area contributed by atoms with Crippen LogP contribution < -0.4 is 5.73 Å². The standard InChI is InChI=1S/C13H18BrNS/c14-11-7-3-4-8-13(11)16-9-12(15)10-5-1-2-6-10/h3-4,7-8,10,12H,1-2,5-6,9,15H2. The molecule has 1 nitrogen and oxygen atoms in total. The van der Waals surface area contributed by atoms with Gasteiger partial charge in [-0.2, -0.15) is 0 Å². The van der Waals surface area contributed by atoms with Gasteiger partial charge in [0.1, 0.15) is 0 Å². The molecule has 1 atom stereocenters. The van der Waals surface area contributed by atoms with E-state index in [1.54, 1.807) is 0 Å². The Morgan fingerprint density at radius 2 is 2.00 bits per heavy atom. The molecule has 1 aliphatic carbocycles. The van der Waals surface area contributed by atoms with Crippen molar-refractivity contribution in [2.45, 2.75) is 36.6 Å². The quantitative estimate of drug-likeness (QED) is 0.849. The van der Waals surface area contributed by atoms with Gasteiger partial charge >= 0.3 is 0 Å². The first-order valence-electron chi connectivity index (χ1n) is 5.90. The topological polar surface area (TPSA) is 26.0 Å². The summed E-state index contributed by atoms with van der Waals surface area (Å²) in [6.07, 6.45) is 5.41. The average molecular weight is 300 g/mol. The van der Waals surface area contributed by atoms with Crippen LogP contribution in [0, 0.1) is 5.92 Å². The van der Waals surface area contributed by atoms with Gasteiger partial charge in [0.25, 0.3) is 0 Å². The van der Waals surface area contributed by atoms with Gasteiger partial charge in [0.15, 0.2) is 0 Å². The summed E-state index contributed by atoms with van der Waals surface area (Å²) in [5.41, 5.74) is 6.24. The summed E-state index contributed by atoms with van der Waals surface area (Å²) in [7, 11) is 0. The smallest absolute Gasteiger partial charge is 0.0311 e. The molecule has 0 aromatic heterocycles. The largest absolute Gasteiger partial charge is 0.327 e. The van der Waals surface area contributed by atoms with Gasteiger partial charge in [0, 0.05) is 21.2 Å². The highest BCUT2D eigenvalue weighted by Crippen LogP contribution is 2.32. The van der Waals surface area contributed by atoms with E-state index in [4.69, 9.17) is 5.73 Å². The number of nitrogens with two attached hydrogens (primary N) is 1. The number of thioether (sulfide) groups is 1. The lowest BCUT2D eigenvalue weighted by molar-refractivity contribution is 0.463. The molecule has 0 heterocycles. The lowest BCUT2D eigenvalue weighted by atomic mass is 10.0. The van der Waals surface area contributed by atoms with Gasteiger partial charge in [-0.3, -0.25) is 0 Å². The molecule has 0 aliphatic heterocycles. The van der Waals surface area contributed by atoms with E-state index in [9.17, 15) is 0 Å². The number of hydrogen-bond acceptors (Lipinski definition) is 2. The molecule has 1 saturated carbocycles. The van der Waals surface area contributed by atoms with Crippen LogP contribution in [0.2, 0.25) is 0 Å². The summed E-state index contributed by atoms with van der Waals surface area (Å²) in [5.74, 6) is 1.79. The minimum atomic E-state index is 0.361. The van der Waals surface area contributed by atoms with Crippen molar-refractivity contribution in [3.05, 3.63) is 28.7 Å². The Bertz CT molecular complexity index is 336. The molecule has 2 rings (SSSR count). The minimum absolute atomic E-state index is 0.361. The number of rotatable bonds is 4. The molecule has 88 valence electrons. The van der Waals surface area contributed by atoms with Crippen LogP contribution in [-0.2, 0) is 0 Å². The summed E-state index contributed by atoms with van der Waals surface area (Å²) in [4.78, 5) is 1.30. The van der Waals surface area contributed by atoms with E-state index in [0.717, 1.165) is 11.7 Å². The van der Waals surface area contributed by atoms with Crippen LogP contribution in [0.5, 0.6) is 0 Å². The molecule has 0 radical (unpaired) electrons. The first-order valence-corrected chi connectivity index (χ1v) is 7.68. The van der Waals surface area contributed by atoms with Crippen molar-refractivity contribution in [2.75, 3.05) is 5.75 Å². The normalized spacial score (nSPS) is 18.9. The molecule has 1 unspecified atom stereocenters. The zero-order valence-corrected chi connectivity index (χ0v) is 11.8. The Balaban J connectivity index is 1.84. The van der Waals surface area contributed by atoms with Crippen molar-refractivity contribution >= 4 is 27.7 Å². The van der Waals surface area contributed by atoms with Crippen molar-refractivity contribution < 1.29 is 0 Å². The Kier molecular flexibility index (Phi) is 4.74. The zero-order valence-electron chi connectivity index (χ0n) is 9.36. The highest BCUT2D eigenvalue weighted by molar-refractivity contribution is 9.10. The second kappa shape index (κ2) is 6.08. The van der Waals surface area contributed by atoms with Crippen molar-refractivity contribution in [2.24, 2.45) is 11.7 Å². The molecular weight excluding hydrogens is 282 g/mol. The van der Waals surface area contributed by atoms with Gasteiger partial charge in [-0.15, -0.1) is 11.8 Å². The van der Waals surface area contributed by atoms with Crippen LogP contribution >= 0.6 is 27.7 Å². The second-order valence-corrected chi connectivity index (χ2v) is 6.37. The first kappa shape index (κ1) is 12.5. The molecular formula is C13H18BrNS. The third kappa shape index (κ3) is 3.25. The summed E-state index contributed by atoms with van der Waals surface area (Å²) in [6, 6.07) is 8.72. The molecule has 1 aromatic rings. The lowest BCUT2D eigenvalue weighted by Gasteiger charge is -2.18. The van der Waals surface area contributed by atoms with Gasteiger partial charge in [-0.25, -0.2) is 0 Å². The first-order chi connectivity index (χ1) is 7.77. The molecule has 3 heteroatoms. The van der Waals surface area contributed by atoms with Crippen molar-refractivity contribution in [1.82, 2.24) is 0 Å². The fourth-order valence-corrected chi connectivity index (χ4v) is 3.92. The Labute approximate surface area is 110 Å². The molecule has 16 heavy (non-hydrogen) atoms. The van der Waals surface area contributed by atoms with Crippen LogP contribution in [0.3, 0.4) is 0 Å². The molecule has 0 amide bonds. The van der Waals surface area contributed by atoms with Gasteiger partial charge in [0.05, 0.1) is 0 Å². The Morgan fingerprint density at radius 3 is 2.69 bits per heavy atom. The summed E-state index contributed by atoms with van der Waals surface area (Å²) in [5, 5.41) is 0. The van der Waals surface area contributed by atoms with Crippen LogP contribution in [0.1, 0.15) is 25.7 Å². The van der Waals surface area contributed by atoms with Gasteiger partial charge in [-0.05, 0) is 46.8 Å². The lowest BCUT2D eigenvalue weighted by Crippen LogP contribution is -2.30. The molecule has 0 saturated heterocycles.